The van der Waals surface area contributed by atoms with Crippen molar-refractivity contribution >= 4 is 32.7 Å². The summed E-state index contributed by atoms with van der Waals surface area (Å²) < 4.78 is 40.7. The van der Waals surface area contributed by atoms with Gasteiger partial charge in [-0.25, -0.2) is 12.8 Å². The lowest BCUT2D eigenvalue weighted by Gasteiger charge is -2.16. The first-order valence-corrected chi connectivity index (χ1v) is 8.38. The molecule has 1 aromatic carbocycles. The van der Waals surface area contributed by atoms with Gasteiger partial charge in [-0.1, -0.05) is 12.1 Å². The van der Waals surface area contributed by atoms with Crippen LogP contribution in [0.4, 0.5) is 15.8 Å². The third kappa shape index (κ3) is 3.29. The average molecular weight is 314 g/mol. The second-order valence-corrected chi connectivity index (χ2v) is 7.36. The first kappa shape index (κ1) is 14.8. The molecule has 1 aromatic heterocycles. The van der Waals surface area contributed by atoms with Gasteiger partial charge < -0.3 is 5.32 Å². The van der Waals surface area contributed by atoms with Gasteiger partial charge in [0.25, 0.3) is 10.0 Å². The predicted molar refractivity (Wildman–Crippen MR) is 80.3 cm³/mol. The van der Waals surface area contributed by atoms with Gasteiger partial charge in [0.1, 0.15) is 15.7 Å². The molecule has 0 atom stereocenters. The van der Waals surface area contributed by atoms with E-state index in [1.807, 2.05) is 13.8 Å². The molecule has 2 N–H and O–H groups in total. The van der Waals surface area contributed by atoms with Gasteiger partial charge in [0.05, 0.1) is 5.69 Å². The number of rotatable bonds is 5. The summed E-state index contributed by atoms with van der Waals surface area (Å²) in [6.45, 7) is 3.78. The molecule has 0 fully saturated rings. The Morgan fingerprint density at radius 3 is 2.55 bits per heavy atom. The molecule has 108 valence electrons. The molecule has 20 heavy (non-hydrogen) atoms. The van der Waals surface area contributed by atoms with E-state index in [2.05, 4.69) is 10.0 Å². The summed E-state index contributed by atoms with van der Waals surface area (Å²) >= 11 is 1.08. The second kappa shape index (κ2) is 5.80. The number of hydrogen-bond donors (Lipinski definition) is 2. The van der Waals surface area contributed by atoms with Crippen molar-refractivity contribution in [3.63, 3.8) is 0 Å². The molecule has 0 radical (unpaired) electrons. The number of para-hydroxylation sites is 1. The van der Waals surface area contributed by atoms with E-state index >= 15 is 0 Å². The number of sulfonamides is 1. The van der Waals surface area contributed by atoms with Gasteiger partial charge in [-0.3, -0.25) is 4.72 Å². The van der Waals surface area contributed by atoms with Crippen molar-refractivity contribution in [1.29, 1.82) is 0 Å². The highest BCUT2D eigenvalue weighted by Crippen LogP contribution is 2.29. The van der Waals surface area contributed by atoms with Gasteiger partial charge in [-0.2, -0.15) is 0 Å². The minimum Gasteiger partial charge on any atom is -0.381 e. The van der Waals surface area contributed by atoms with Gasteiger partial charge in [-0.05, 0) is 37.4 Å². The third-order valence-corrected chi connectivity index (χ3v) is 5.20. The zero-order chi connectivity index (χ0) is 14.8. The first-order chi connectivity index (χ1) is 9.40. The smallest absolute Gasteiger partial charge is 0.271 e. The highest BCUT2D eigenvalue weighted by molar-refractivity contribution is 7.94. The van der Waals surface area contributed by atoms with Crippen molar-refractivity contribution < 1.29 is 12.8 Å². The van der Waals surface area contributed by atoms with Crippen molar-refractivity contribution in [1.82, 2.24) is 0 Å². The monoisotopic (exact) mass is 314 g/mol. The maximum atomic E-state index is 13.9. The molecule has 0 aliphatic carbocycles. The van der Waals surface area contributed by atoms with Gasteiger partial charge in [0, 0.05) is 6.04 Å². The molecular weight excluding hydrogens is 299 g/mol. The molecule has 0 spiro atoms. The van der Waals surface area contributed by atoms with Crippen LogP contribution in [0.3, 0.4) is 0 Å². The molecule has 0 unspecified atom stereocenters. The minimum absolute atomic E-state index is 0.0572. The quantitative estimate of drug-likeness (QED) is 0.888. The van der Waals surface area contributed by atoms with Crippen LogP contribution in [0, 0.1) is 5.82 Å². The molecule has 2 aromatic rings. The zero-order valence-corrected chi connectivity index (χ0v) is 12.7. The van der Waals surface area contributed by atoms with Crippen LogP contribution >= 0.6 is 11.3 Å². The largest absolute Gasteiger partial charge is 0.381 e. The molecule has 1 heterocycles. The summed E-state index contributed by atoms with van der Waals surface area (Å²) in [5.41, 5.74) is 0.356. The molecule has 7 heteroatoms. The zero-order valence-electron chi connectivity index (χ0n) is 11.1. The van der Waals surface area contributed by atoms with E-state index in [0.717, 1.165) is 11.3 Å². The molecule has 4 nitrogen and oxygen atoms in total. The number of nitrogens with one attached hydrogen (secondary N) is 2. The Hall–Kier alpha value is -1.60. The molecule has 2 rings (SSSR count). The van der Waals surface area contributed by atoms with Crippen LogP contribution < -0.4 is 10.0 Å². The lowest BCUT2D eigenvalue weighted by Crippen LogP contribution is -2.17. The number of hydrogen-bond acceptors (Lipinski definition) is 4. The van der Waals surface area contributed by atoms with E-state index in [-0.39, 0.29) is 15.9 Å². The van der Waals surface area contributed by atoms with Crippen LogP contribution in [0.2, 0.25) is 0 Å². The van der Waals surface area contributed by atoms with Crippen LogP contribution in [-0.4, -0.2) is 14.5 Å². The number of halogens is 1. The number of thiophene rings is 1. The van der Waals surface area contributed by atoms with Crippen molar-refractivity contribution in [2.75, 3.05) is 10.0 Å². The normalized spacial score (nSPS) is 11.6. The lowest BCUT2D eigenvalue weighted by molar-refractivity contribution is 0.600. The highest BCUT2D eigenvalue weighted by Gasteiger charge is 2.19. The van der Waals surface area contributed by atoms with Crippen LogP contribution in [0.25, 0.3) is 0 Å². The lowest BCUT2D eigenvalue weighted by atomic mass is 10.2. The Kier molecular flexibility index (Phi) is 4.29. The summed E-state index contributed by atoms with van der Waals surface area (Å²) in [5, 5.41) is 4.67. The molecule has 0 amide bonds. The van der Waals surface area contributed by atoms with E-state index in [4.69, 9.17) is 0 Å². The van der Waals surface area contributed by atoms with Crippen molar-refractivity contribution in [3.05, 3.63) is 41.5 Å². The van der Waals surface area contributed by atoms with Gasteiger partial charge in [-0.15, -0.1) is 11.3 Å². The summed E-state index contributed by atoms with van der Waals surface area (Å²) in [7, 11) is -3.76. The molecule has 0 aliphatic heterocycles. The Labute approximate surface area is 121 Å². The van der Waals surface area contributed by atoms with Gasteiger partial charge in [0.15, 0.2) is 0 Å². The average Bonchev–Trinajstić information content (AvgIpc) is 2.87. The Bertz CT molecular complexity index is 682. The van der Waals surface area contributed by atoms with E-state index in [1.165, 1.54) is 18.2 Å². The Morgan fingerprint density at radius 2 is 1.95 bits per heavy atom. The van der Waals surface area contributed by atoms with Gasteiger partial charge >= 0.3 is 0 Å². The fourth-order valence-electron chi connectivity index (χ4n) is 1.66. The second-order valence-electron chi connectivity index (χ2n) is 4.50. The van der Waals surface area contributed by atoms with Gasteiger partial charge in [0.2, 0.25) is 0 Å². The van der Waals surface area contributed by atoms with Crippen molar-refractivity contribution in [3.8, 4) is 0 Å². The van der Waals surface area contributed by atoms with E-state index in [1.54, 1.807) is 17.5 Å². The summed E-state index contributed by atoms with van der Waals surface area (Å²) in [5.74, 6) is -0.615. The van der Waals surface area contributed by atoms with Crippen molar-refractivity contribution in [2.45, 2.75) is 24.1 Å². The highest BCUT2D eigenvalue weighted by atomic mass is 32.2. The molecule has 0 aliphatic rings. The van der Waals surface area contributed by atoms with Crippen LogP contribution in [0.15, 0.2) is 39.9 Å². The first-order valence-electron chi connectivity index (χ1n) is 6.01. The molecular formula is C13H15FN2O2S2. The standard InChI is InChI=1S/C13H15FN2O2S2/c1-9(2)15-11-6-3-5-10(14)13(11)16-20(17,18)12-7-4-8-19-12/h3-9,15-16H,1-2H3. The summed E-state index contributed by atoms with van der Waals surface area (Å²) in [6.07, 6.45) is 0. The minimum atomic E-state index is -3.76. The molecule has 0 saturated heterocycles. The van der Waals surface area contributed by atoms with Crippen molar-refractivity contribution in [2.24, 2.45) is 0 Å². The van der Waals surface area contributed by atoms with Crippen LogP contribution in [-0.2, 0) is 10.0 Å². The predicted octanol–water partition coefficient (Wildman–Crippen LogP) is 3.51. The number of anilines is 2. The fourth-order valence-corrected chi connectivity index (χ4v) is 3.74. The maximum Gasteiger partial charge on any atom is 0.271 e. The number of benzene rings is 1. The summed E-state index contributed by atoms with van der Waals surface area (Å²) in [4.78, 5) is 0. The Morgan fingerprint density at radius 1 is 1.20 bits per heavy atom. The van der Waals surface area contributed by atoms with E-state index < -0.39 is 15.8 Å². The Balaban J connectivity index is 2.38. The SMILES string of the molecule is CC(C)Nc1cccc(F)c1NS(=O)(=O)c1cccs1. The maximum absolute atomic E-state index is 13.9. The molecule has 0 bridgehead atoms. The van der Waals surface area contributed by atoms with E-state index in [0.29, 0.717) is 5.69 Å². The third-order valence-electron chi connectivity index (χ3n) is 2.45. The fraction of sp³-hybridized carbons (Fsp3) is 0.231. The topological polar surface area (TPSA) is 58.2 Å². The van der Waals surface area contributed by atoms with E-state index in [9.17, 15) is 12.8 Å². The molecule has 0 saturated carbocycles. The van der Waals surface area contributed by atoms with Crippen LogP contribution in [0.5, 0.6) is 0 Å². The summed E-state index contributed by atoms with van der Waals surface area (Å²) in [6, 6.07) is 7.55. The van der Waals surface area contributed by atoms with Crippen LogP contribution in [0.1, 0.15) is 13.8 Å².